The van der Waals surface area contributed by atoms with Crippen LogP contribution in [0, 0.1) is 19.3 Å². The molecule has 0 aliphatic carbocycles. The monoisotopic (exact) mass is 452 g/mol. The molecule has 1 atom stereocenters. The van der Waals surface area contributed by atoms with E-state index in [9.17, 15) is 9.59 Å². The highest BCUT2D eigenvalue weighted by molar-refractivity contribution is 5.97. The fourth-order valence-corrected chi connectivity index (χ4v) is 3.79. The van der Waals surface area contributed by atoms with Gasteiger partial charge in [-0.05, 0) is 81.0 Å². The van der Waals surface area contributed by atoms with Gasteiger partial charge in [0.05, 0.1) is 12.7 Å². The topological polar surface area (TPSA) is 76.7 Å². The van der Waals surface area contributed by atoms with E-state index in [0.717, 1.165) is 37.2 Å². The number of carbonyl (C=O) groups is 2. The molecular formula is C27H36N2O4. The second-order valence-corrected chi connectivity index (χ2v) is 9.48. The molecule has 178 valence electrons. The third kappa shape index (κ3) is 7.32. The average Bonchev–Trinajstić information content (AvgIpc) is 3.31. The van der Waals surface area contributed by atoms with Crippen LogP contribution in [0.5, 0.6) is 5.75 Å². The summed E-state index contributed by atoms with van der Waals surface area (Å²) in [5.74, 6) is 0.717. The van der Waals surface area contributed by atoms with Crippen LogP contribution in [0.3, 0.4) is 0 Å². The van der Waals surface area contributed by atoms with E-state index < -0.39 is 5.41 Å². The fourth-order valence-electron chi connectivity index (χ4n) is 3.79. The molecular weight excluding hydrogens is 416 g/mol. The molecule has 3 rings (SSSR count). The number of benzene rings is 2. The number of amides is 2. The van der Waals surface area contributed by atoms with Crippen molar-refractivity contribution in [2.24, 2.45) is 5.41 Å². The molecule has 2 amide bonds. The minimum Gasteiger partial charge on any atom is -0.493 e. The van der Waals surface area contributed by atoms with Gasteiger partial charge in [0, 0.05) is 29.8 Å². The summed E-state index contributed by atoms with van der Waals surface area (Å²) >= 11 is 0. The van der Waals surface area contributed by atoms with Crippen molar-refractivity contribution >= 4 is 17.5 Å². The van der Waals surface area contributed by atoms with Crippen LogP contribution >= 0.6 is 0 Å². The molecule has 1 aliphatic heterocycles. The summed E-state index contributed by atoms with van der Waals surface area (Å²) in [5, 5.41) is 5.88. The van der Waals surface area contributed by atoms with Crippen molar-refractivity contribution in [1.29, 1.82) is 0 Å². The summed E-state index contributed by atoms with van der Waals surface area (Å²) in [6, 6.07) is 13.1. The second-order valence-electron chi connectivity index (χ2n) is 9.48. The Morgan fingerprint density at radius 2 is 1.88 bits per heavy atom. The standard InChI is InChI=1S/C27H36N2O4/c1-19-8-9-20(2)24(17-19)33-16-6-14-27(3,4)26(31)29-22-12-10-21(11-13-22)25(30)28-18-23-7-5-15-32-23/h8-13,17,23H,5-7,14-16,18H2,1-4H3,(H,28,30)(H,29,31). The maximum absolute atomic E-state index is 12.8. The van der Waals surface area contributed by atoms with Crippen molar-refractivity contribution in [1.82, 2.24) is 5.32 Å². The third-order valence-electron chi connectivity index (χ3n) is 6.08. The first-order valence-corrected chi connectivity index (χ1v) is 11.8. The Kier molecular flexibility index (Phi) is 8.50. The summed E-state index contributed by atoms with van der Waals surface area (Å²) in [7, 11) is 0. The van der Waals surface area contributed by atoms with Crippen molar-refractivity contribution in [3.63, 3.8) is 0 Å². The number of nitrogens with one attached hydrogen (secondary N) is 2. The van der Waals surface area contributed by atoms with Gasteiger partial charge in [-0.15, -0.1) is 0 Å². The molecule has 6 heteroatoms. The first-order valence-electron chi connectivity index (χ1n) is 11.8. The summed E-state index contributed by atoms with van der Waals surface area (Å²) < 4.78 is 11.5. The molecule has 0 saturated carbocycles. The lowest BCUT2D eigenvalue weighted by Gasteiger charge is -2.24. The van der Waals surface area contributed by atoms with Crippen LogP contribution in [0.15, 0.2) is 42.5 Å². The number of carbonyl (C=O) groups excluding carboxylic acids is 2. The van der Waals surface area contributed by atoms with Gasteiger partial charge in [-0.2, -0.15) is 0 Å². The normalized spacial score (nSPS) is 15.8. The molecule has 0 aromatic heterocycles. The predicted octanol–water partition coefficient (Wildman–Crippen LogP) is 5.04. The molecule has 2 aromatic rings. The maximum atomic E-state index is 12.8. The van der Waals surface area contributed by atoms with Crippen LogP contribution in [0.2, 0.25) is 0 Å². The Balaban J connectivity index is 1.43. The van der Waals surface area contributed by atoms with Gasteiger partial charge < -0.3 is 20.1 Å². The molecule has 6 nitrogen and oxygen atoms in total. The predicted molar refractivity (Wildman–Crippen MR) is 131 cm³/mol. The number of rotatable bonds is 10. The van der Waals surface area contributed by atoms with Crippen LogP contribution in [0.1, 0.15) is 61.0 Å². The van der Waals surface area contributed by atoms with E-state index in [2.05, 4.69) is 22.8 Å². The van der Waals surface area contributed by atoms with Gasteiger partial charge in [0.2, 0.25) is 5.91 Å². The number of hydrogen-bond donors (Lipinski definition) is 2. The molecule has 2 N–H and O–H groups in total. The summed E-state index contributed by atoms with van der Waals surface area (Å²) in [6.07, 6.45) is 3.62. The minimum absolute atomic E-state index is 0.0511. The van der Waals surface area contributed by atoms with Crippen LogP contribution in [0.4, 0.5) is 5.69 Å². The van der Waals surface area contributed by atoms with Crippen molar-refractivity contribution in [3.05, 3.63) is 59.2 Å². The van der Waals surface area contributed by atoms with Crippen LogP contribution in [-0.2, 0) is 9.53 Å². The van der Waals surface area contributed by atoms with Crippen molar-refractivity contribution in [3.8, 4) is 5.75 Å². The molecule has 2 aromatic carbocycles. The van der Waals surface area contributed by atoms with Crippen molar-refractivity contribution < 1.29 is 19.1 Å². The van der Waals surface area contributed by atoms with Gasteiger partial charge in [-0.3, -0.25) is 9.59 Å². The number of ether oxygens (including phenoxy) is 2. The van der Waals surface area contributed by atoms with E-state index >= 15 is 0 Å². The molecule has 1 aliphatic rings. The Bertz CT molecular complexity index is 947. The van der Waals surface area contributed by atoms with Gasteiger partial charge in [-0.25, -0.2) is 0 Å². The number of aryl methyl sites for hydroxylation is 2. The first kappa shape index (κ1) is 24.8. The van der Waals surface area contributed by atoms with Gasteiger partial charge in [0.25, 0.3) is 5.91 Å². The van der Waals surface area contributed by atoms with E-state index in [4.69, 9.17) is 9.47 Å². The van der Waals surface area contributed by atoms with E-state index in [1.54, 1.807) is 24.3 Å². The van der Waals surface area contributed by atoms with E-state index in [1.165, 1.54) is 5.56 Å². The minimum atomic E-state index is -0.539. The Morgan fingerprint density at radius 3 is 2.58 bits per heavy atom. The third-order valence-corrected chi connectivity index (χ3v) is 6.08. The van der Waals surface area contributed by atoms with Crippen molar-refractivity contribution in [2.45, 2.75) is 59.5 Å². The quantitative estimate of drug-likeness (QED) is 0.496. The maximum Gasteiger partial charge on any atom is 0.251 e. The van der Waals surface area contributed by atoms with Crippen LogP contribution in [-0.4, -0.2) is 37.7 Å². The van der Waals surface area contributed by atoms with Gasteiger partial charge >= 0.3 is 0 Å². The van der Waals surface area contributed by atoms with Gasteiger partial charge in [0.1, 0.15) is 5.75 Å². The van der Waals surface area contributed by atoms with E-state index in [-0.39, 0.29) is 17.9 Å². The summed E-state index contributed by atoms with van der Waals surface area (Å²) in [6.45, 7) is 9.82. The van der Waals surface area contributed by atoms with Crippen LogP contribution in [0.25, 0.3) is 0 Å². The molecule has 0 spiro atoms. The summed E-state index contributed by atoms with van der Waals surface area (Å²) in [4.78, 5) is 25.1. The second kappa shape index (κ2) is 11.3. The molecule has 1 fully saturated rings. The highest BCUT2D eigenvalue weighted by Crippen LogP contribution is 2.26. The zero-order valence-electron chi connectivity index (χ0n) is 20.2. The SMILES string of the molecule is Cc1ccc(C)c(OCCCC(C)(C)C(=O)Nc2ccc(C(=O)NCC3CCCO3)cc2)c1. The molecule has 1 saturated heterocycles. The average molecular weight is 453 g/mol. The zero-order valence-corrected chi connectivity index (χ0v) is 20.2. The van der Waals surface area contributed by atoms with Crippen LogP contribution < -0.4 is 15.4 Å². The molecule has 0 radical (unpaired) electrons. The number of anilines is 1. The van der Waals surface area contributed by atoms with E-state index in [1.807, 2.05) is 33.8 Å². The molecule has 0 bridgehead atoms. The van der Waals surface area contributed by atoms with E-state index in [0.29, 0.717) is 30.8 Å². The zero-order chi connectivity index (χ0) is 23.8. The molecule has 1 unspecified atom stereocenters. The smallest absolute Gasteiger partial charge is 0.251 e. The lowest BCUT2D eigenvalue weighted by molar-refractivity contribution is -0.124. The lowest BCUT2D eigenvalue weighted by Crippen LogP contribution is -2.32. The van der Waals surface area contributed by atoms with Crippen molar-refractivity contribution in [2.75, 3.05) is 25.1 Å². The molecule has 1 heterocycles. The number of hydrogen-bond acceptors (Lipinski definition) is 4. The highest BCUT2D eigenvalue weighted by atomic mass is 16.5. The molecule has 33 heavy (non-hydrogen) atoms. The fraction of sp³-hybridized carbons (Fsp3) is 0.481. The van der Waals surface area contributed by atoms with Gasteiger partial charge in [-0.1, -0.05) is 26.0 Å². The lowest BCUT2D eigenvalue weighted by atomic mass is 9.87. The Morgan fingerprint density at radius 1 is 1.12 bits per heavy atom. The Labute approximate surface area is 197 Å². The first-order chi connectivity index (χ1) is 15.7. The largest absolute Gasteiger partial charge is 0.493 e. The highest BCUT2D eigenvalue weighted by Gasteiger charge is 2.27. The van der Waals surface area contributed by atoms with Gasteiger partial charge in [0.15, 0.2) is 0 Å². The summed E-state index contributed by atoms with van der Waals surface area (Å²) in [5.41, 5.74) is 2.98. The Hall–Kier alpha value is -2.86.